The fraction of sp³-hybridized carbons (Fsp3) is 0.476. The second kappa shape index (κ2) is 7.78. The van der Waals surface area contributed by atoms with Gasteiger partial charge in [-0.1, -0.05) is 30.3 Å². The zero-order valence-electron chi connectivity index (χ0n) is 15.7. The molecule has 29 heavy (non-hydrogen) atoms. The van der Waals surface area contributed by atoms with E-state index < -0.39 is 35.7 Å². The number of hydrogen-bond acceptors (Lipinski definition) is 5. The molecule has 1 aliphatic heterocycles. The average Bonchev–Trinajstić information content (AvgIpc) is 3.18. The summed E-state index contributed by atoms with van der Waals surface area (Å²) in [5.74, 6) is -0.859. The normalized spacial score (nSPS) is 31.4. The summed E-state index contributed by atoms with van der Waals surface area (Å²) in [5.41, 5.74) is 0.601. The lowest BCUT2D eigenvalue weighted by Gasteiger charge is -2.37. The molecule has 0 radical (unpaired) electrons. The van der Waals surface area contributed by atoms with Crippen molar-refractivity contribution in [1.29, 1.82) is 0 Å². The molecule has 154 valence electrons. The minimum absolute atomic E-state index is 0.131. The number of rotatable bonds is 4. The first kappa shape index (κ1) is 19.9. The molecule has 1 aromatic carbocycles. The second-order valence-corrected chi connectivity index (χ2v) is 8.34. The Morgan fingerprint density at radius 2 is 1.97 bits per heavy atom. The van der Waals surface area contributed by atoms with E-state index in [-0.39, 0.29) is 24.8 Å². The van der Waals surface area contributed by atoms with Gasteiger partial charge in [-0.15, -0.1) is 11.6 Å². The minimum atomic E-state index is -1.32. The Kier molecular flexibility index (Phi) is 5.34. The maximum atomic E-state index is 13.9. The smallest absolute Gasteiger partial charge is 0.433 e. The van der Waals surface area contributed by atoms with Crippen LogP contribution in [0.1, 0.15) is 37.7 Å². The number of ether oxygens (including phenoxy) is 2. The van der Waals surface area contributed by atoms with Gasteiger partial charge in [-0.3, -0.25) is 14.9 Å². The number of halogens is 2. The molecule has 3 aliphatic rings. The standard InChI is InChI=1S/C21H21ClFNO5/c22-13-9-15(23)16(10-13)29-20(27)28-11-21(12-5-2-1-3-6-12)8-4-7-14-17(21)19(26)24-18(14)25/h1-3,5-6,13,15-16H,4,7-11H2,(H,24,25,26). The van der Waals surface area contributed by atoms with Gasteiger partial charge in [-0.05, 0) is 31.2 Å². The highest BCUT2D eigenvalue weighted by Crippen LogP contribution is 2.45. The lowest BCUT2D eigenvalue weighted by atomic mass is 9.66. The largest absolute Gasteiger partial charge is 0.508 e. The monoisotopic (exact) mass is 421 g/mol. The lowest BCUT2D eigenvalue weighted by molar-refractivity contribution is -0.124. The number of benzene rings is 1. The molecule has 0 aromatic heterocycles. The van der Waals surface area contributed by atoms with Crippen molar-refractivity contribution in [2.24, 2.45) is 0 Å². The van der Waals surface area contributed by atoms with E-state index in [0.717, 1.165) is 5.56 Å². The summed E-state index contributed by atoms with van der Waals surface area (Å²) in [6.07, 6.45) is -1.21. The molecule has 1 fully saturated rings. The highest BCUT2D eigenvalue weighted by molar-refractivity contribution is 6.21. The lowest BCUT2D eigenvalue weighted by Crippen LogP contribution is -2.41. The molecular weight excluding hydrogens is 401 g/mol. The Hall–Kier alpha value is -2.41. The fourth-order valence-electron chi connectivity index (χ4n) is 4.56. The van der Waals surface area contributed by atoms with Gasteiger partial charge < -0.3 is 9.47 Å². The van der Waals surface area contributed by atoms with E-state index in [1.807, 2.05) is 30.3 Å². The topological polar surface area (TPSA) is 81.7 Å². The van der Waals surface area contributed by atoms with Crippen molar-refractivity contribution in [2.45, 2.75) is 55.2 Å². The molecule has 2 amide bonds. The van der Waals surface area contributed by atoms with Gasteiger partial charge in [0.2, 0.25) is 0 Å². The molecule has 1 heterocycles. The molecular formula is C21H21ClFNO5. The number of nitrogens with one attached hydrogen (secondary N) is 1. The molecule has 8 heteroatoms. The number of imide groups is 1. The van der Waals surface area contributed by atoms with Crippen LogP contribution < -0.4 is 5.32 Å². The Bertz CT molecular complexity index is 873. The van der Waals surface area contributed by atoms with Crippen LogP contribution in [0, 0.1) is 0 Å². The van der Waals surface area contributed by atoms with Crippen LogP contribution in [0.4, 0.5) is 9.18 Å². The van der Waals surface area contributed by atoms with Gasteiger partial charge in [0, 0.05) is 22.9 Å². The van der Waals surface area contributed by atoms with Gasteiger partial charge >= 0.3 is 6.16 Å². The predicted octanol–water partition coefficient (Wildman–Crippen LogP) is 3.32. The predicted molar refractivity (Wildman–Crippen MR) is 102 cm³/mol. The van der Waals surface area contributed by atoms with Crippen molar-refractivity contribution in [3.63, 3.8) is 0 Å². The van der Waals surface area contributed by atoms with E-state index in [0.29, 0.717) is 30.4 Å². The number of hydrogen-bond donors (Lipinski definition) is 1. The average molecular weight is 422 g/mol. The molecule has 1 aromatic rings. The minimum Gasteiger partial charge on any atom is -0.433 e. The van der Waals surface area contributed by atoms with E-state index in [2.05, 4.69) is 5.32 Å². The van der Waals surface area contributed by atoms with E-state index >= 15 is 0 Å². The SMILES string of the molecule is O=C(OCC1(c2ccccc2)CCCC2=C1C(=O)NC2=O)OC1CC(Cl)CC1F. The van der Waals surface area contributed by atoms with Crippen LogP contribution >= 0.6 is 11.6 Å². The highest BCUT2D eigenvalue weighted by atomic mass is 35.5. The van der Waals surface area contributed by atoms with Gasteiger partial charge in [0.15, 0.2) is 0 Å². The summed E-state index contributed by atoms with van der Waals surface area (Å²) >= 11 is 5.92. The van der Waals surface area contributed by atoms with Crippen molar-refractivity contribution in [2.75, 3.05) is 6.61 Å². The van der Waals surface area contributed by atoms with Crippen LogP contribution in [0.2, 0.25) is 0 Å². The summed E-state index contributed by atoms with van der Waals surface area (Å²) < 4.78 is 24.4. The molecule has 4 rings (SSSR count). The summed E-state index contributed by atoms with van der Waals surface area (Å²) in [5, 5.41) is 1.98. The Morgan fingerprint density at radius 1 is 1.21 bits per heavy atom. The van der Waals surface area contributed by atoms with Crippen molar-refractivity contribution in [3.8, 4) is 0 Å². The first-order chi connectivity index (χ1) is 13.9. The van der Waals surface area contributed by atoms with Crippen molar-refractivity contribution >= 4 is 29.6 Å². The van der Waals surface area contributed by atoms with Gasteiger partial charge in [0.1, 0.15) is 18.9 Å². The molecule has 1 saturated carbocycles. The fourth-order valence-corrected chi connectivity index (χ4v) is 4.90. The zero-order chi connectivity index (χ0) is 20.6. The van der Waals surface area contributed by atoms with Gasteiger partial charge in [-0.2, -0.15) is 0 Å². The van der Waals surface area contributed by atoms with Gasteiger partial charge in [-0.25, -0.2) is 9.18 Å². The van der Waals surface area contributed by atoms with Crippen LogP contribution in [0.5, 0.6) is 0 Å². The maximum absolute atomic E-state index is 13.9. The summed E-state index contributed by atoms with van der Waals surface area (Å²) in [7, 11) is 0. The molecule has 6 nitrogen and oxygen atoms in total. The van der Waals surface area contributed by atoms with E-state index in [1.54, 1.807) is 0 Å². The molecule has 0 saturated heterocycles. The number of amides is 2. The van der Waals surface area contributed by atoms with E-state index in [4.69, 9.17) is 21.1 Å². The summed E-state index contributed by atoms with van der Waals surface area (Å²) in [6.45, 7) is -0.177. The second-order valence-electron chi connectivity index (χ2n) is 7.72. The molecule has 4 unspecified atom stereocenters. The number of carbonyl (C=O) groups is 3. The zero-order valence-corrected chi connectivity index (χ0v) is 16.4. The maximum Gasteiger partial charge on any atom is 0.508 e. The first-order valence-corrected chi connectivity index (χ1v) is 10.1. The Labute approximate surface area is 172 Å². The Balaban J connectivity index is 1.59. The third-order valence-electron chi connectivity index (χ3n) is 5.92. The molecule has 4 atom stereocenters. The van der Waals surface area contributed by atoms with E-state index in [9.17, 15) is 18.8 Å². The molecule has 2 aliphatic carbocycles. The van der Waals surface area contributed by atoms with Crippen LogP contribution in [0.15, 0.2) is 41.5 Å². The summed E-state index contributed by atoms with van der Waals surface area (Å²) in [4.78, 5) is 37.0. The number of carbonyl (C=O) groups excluding carboxylic acids is 3. The molecule has 1 N–H and O–H groups in total. The van der Waals surface area contributed by atoms with Crippen molar-refractivity contribution in [1.82, 2.24) is 5.32 Å². The van der Waals surface area contributed by atoms with Crippen LogP contribution in [0.25, 0.3) is 0 Å². The van der Waals surface area contributed by atoms with Crippen molar-refractivity contribution < 1.29 is 28.2 Å². The van der Waals surface area contributed by atoms with E-state index in [1.165, 1.54) is 0 Å². The molecule has 0 spiro atoms. The highest BCUT2D eigenvalue weighted by Gasteiger charge is 2.49. The van der Waals surface area contributed by atoms with Crippen LogP contribution in [-0.2, 0) is 24.5 Å². The van der Waals surface area contributed by atoms with Crippen LogP contribution in [-0.4, -0.2) is 42.2 Å². The third kappa shape index (κ3) is 3.64. The summed E-state index contributed by atoms with van der Waals surface area (Å²) in [6, 6.07) is 9.17. The quantitative estimate of drug-likeness (QED) is 0.458. The van der Waals surface area contributed by atoms with Crippen LogP contribution in [0.3, 0.4) is 0 Å². The van der Waals surface area contributed by atoms with Gasteiger partial charge in [0.25, 0.3) is 11.8 Å². The van der Waals surface area contributed by atoms with Crippen molar-refractivity contribution in [3.05, 3.63) is 47.0 Å². The molecule has 0 bridgehead atoms. The third-order valence-corrected chi connectivity index (χ3v) is 6.28. The van der Waals surface area contributed by atoms with Gasteiger partial charge in [0.05, 0.1) is 5.41 Å². The number of alkyl halides is 2. The first-order valence-electron chi connectivity index (χ1n) is 9.67. The Morgan fingerprint density at radius 3 is 2.66 bits per heavy atom.